The average molecular weight is 195 g/mol. The van der Waals surface area contributed by atoms with E-state index in [1.807, 2.05) is 24.3 Å². The summed E-state index contributed by atoms with van der Waals surface area (Å²) in [7, 11) is 0. The lowest BCUT2D eigenvalue weighted by Gasteiger charge is -2.11. The Balaban J connectivity index is 2.91. The van der Waals surface area contributed by atoms with Crippen molar-refractivity contribution in [2.45, 2.75) is 25.1 Å². The highest BCUT2D eigenvalue weighted by molar-refractivity contribution is 6.21. The van der Waals surface area contributed by atoms with Crippen molar-refractivity contribution in [2.75, 3.05) is 0 Å². The molecule has 70 valence electrons. The minimum absolute atomic E-state index is 0.124. The van der Waals surface area contributed by atoms with Crippen LogP contribution in [0.4, 0.5) is 0 Å². The summed E-state index contributed by atoms with van der Waals surface area (Å²) in [5, 5.41) is 0.124. The second kappa shape index (κ2) is 5.08. The van der Waals surface area contributed by atoms with Crippen LogP contribution in [0.5, 0.6) is 0 Å². The van der Waals surface area contributed by atoms with Crippen LogP contribution in [0, 0.1) is 0 Å². The summed E-state index contributed by atoms with van der Waals surface area (Å²) in [4.78, 5) is 0. The van der Waals surface area contributed by atoms with Gasteiger partial charge in [0, 0.05) is 0 Å². The quantitative estimate of drug-likeness (QED) is 0.623. The van der Waals surface area contributed by atoms with Gasteiger partial charge in [-0.15, -0.1) is 11.6 Å². The Bertz CT molecular complexity index is 278. The number of rotatable bonds is 4. The number of halogens is 1. The van der Waals surface area contributed by atoms with Crippen molar-refractivity contribution in [3.8, 4) is 0 Å². The van der Waals surface area contributed by atoms with Gasteiger partial charge in [-0.05, 0) is 17.5 Å². The average Bonchev–Trinajstić information content (AvgIpc) is 2.18. The van der Waals surface area contributed by atoms with E-state index in [0.29, 0.717) is 0 Å². The molecule has 0 aliphatic carbocycles. The minimum atomic E-state index is 0.124. The second-order valence-corrected chi connectivity index (χ2v) is 3.62. The summed E-state index contributed by atoms with van der Waals surface area (Å²) in [6, 6.07) is 8.15. The first kappa shape index (κ1) is 10.3. The van der Waals surface area contributed by atoms with E-state index >= 15 is 0 Å². The third-order valence-corrected chi connectivity index (χ3v) is 2.55. The maximum Gasteiger partial charge on any atom is 0.0591 e. The molecule has 13 heavy (non-hydrogen) atoms. The van der Waals surface area contributed by atoms with E-state index in [4.69, 9.17) is 11.6 Å². The van der Waals surface area contributed by atoms with Crippen molar-refractivity contribution in [2.24, 2.45) is 0 Å². The van der Waals surface area contributed by atoms with Crippen LogP contribution in [-0.4, -0.2) is 0 Å². The van der Waals surface area contributed by atoms with E-state index in [9.17, 15) is 0 Å². The van der Waals surface area contributed by atoms with Gasteiger partial charge in [-0.1, -0.05) is 50.3 Å². The summed E-state index contributed by atoms with van der Waals surface area (Å²) < 4.78 is 0. The smallest absolute Gasteiger partial charge is 0.0591 e. The Kier molecular flexibility index (Phi) is 4.04. The van der Waals surface area contributed by atoms with Crippen LogP contribution in [0.1, 0.15) is 36.3 Å². The van der Waals surface area contributed by atoms with Crippen LogP contribution in [0.3, 0.4) is 0 Å². The van der Waals surface area contributed by atoms with E-state index in [2.05, 4.69) is 19.6 Å². The number of hydrogen-bond donors (Lipinski definition) is 0. The summed E-state index contributed by atoms with van der Waals surface area (Å²) in [5.41, 5.74) is 2.34. The van der Waals surface area contributed by atoms with Gasteiger partial charge in [0.1, 0.15) is 0 Å². The second-order valence-electron chi connectivity index (χ2n) is 3.09. The van der Waals surface area contributed by atoms with Crippen molar-refractivity contribution in [1.29, 1.82) is 0 Å². The topological polar surface area (TPSA) is 0 Å². The lowest BCUT2D eigenvalue weighted by molar-refractivity contribution is 0.769. The predicted molar refractivity (Wildman–Crippen MR) is 60.0 cm³/mol. The van der Waals surface area contributed by atoms with Crippen molar-refractivity contribution < 1.29 is 0 Å². The molecule has 0 fully saturated rings. The normalized spacial score (nSPS) is 12.5. The highest BCUT2D eigenvalue weighted by Gasteiger charge is 2.08. The molecule has 1 atom stereocenters. The molecule has 0 N–H and O–H groups in total. The maximum atomic E-state index is 6.24. The van der Waals surface area contributed by atoms with Gasteiger partial charge in [0.05, 0.1) is 5.38 Å². The van der Waals surface area contributed by atoms with Gasteiger partial charge < -0.3 is 0 Å². The van der Waals surface area contributed by atoms with Gasteiger partial charge in [0.15, 0.2) is 0 Å². The van der Waals surface area contributed by atoms with E-state index in [0.717, 1.165) is 18.4 Å². The highest BCUT2D eigenvalue weighted by Crippen LogP contribution is 2.28. The third kappa shape index (κ3) is 2.60. The van der Waals surface area contributed by atoms with E-state index in [1.165, 1.54) is 5.56 Å². The lowest BCUT2D eigenvalue weighted by Crippen LogP contribution is -1.92. The van der Waals surface area contributed by atoms with Gasteiger partial charge in [0.25, 0.3) is 0 Å². The van der Waals surface area contributed by atoms with Crippen molar-refractivity contribution in [1.82, 2.24) is 0 Å². The van der Waals surface area contributed by atoms with Gasteiger partial charge in [-0.25, -0.2) is 0 Å². The molecule has 0 amide bonds. The van der Waals surface area contributed by atoms with Crippen LogP contribution in [0.25, 0.3) is 6.08 Å². The predicted octanol–water partition coefficient (Wildman–Crippen LogP) is 4.41. The SMILES string of the molecule is C=Cc1ccccc1C(Cl)CCC. The zero-order valence-electron chi connectivity index (χ0n) is 7.96. The fourth-order valence-electron chi connectivity index (χ4n) is 1.39. The molecule has 1 unspecified atom stereocenters. The summed E-state index contributed by atoms with van der Waals surface area (Å²) in [5.74, 6) is 0. The molecule has 1 rings (SSSR count). The van der Waals surface area contributed by atoms with Crippen molar-refractivity contribution in [3.63, 3.8) is 0 Å². The summed E-state index contributed by atoms with van der Waals surface area (Å²) >= 11 is 6.24. The Morgan fingerprint density at radius 1 is 1.46 bits per heavy atom. The van der Waals surface area contributed by atoms with E-state index < -0.39 is 0 Å². The van der Waals surface area contributed by atoms with Gasteiger partial charge >= 0.3 is 0 Å². The van der Waals surface area contributed by atoms with E-state index in [1.54, 1.807) is 0 Å². The van der Waals surface area contributed by atoms with Gasteiger partial charge in [-0.2, -0.15) is 0 Å². The Morgan fingerprint density at radius 3 is 2.77 bits per heavy atom. The summed E-state index contributed by atoms with van der Waals surface area (Å²) in [6.07, 6.45) is 3.99. The van der Waals surface area contributed by atoms with Crippen LogP contribution in [0.2, 0.25) is 0 Å². The first-order valence-corrected chi connectivity index (χ1v) is 5.08. The summed E-state index contributed by atoms with van der Waals surface area (Å²) in [6.45, 7) is 5.92. The number of benzene rings is 1. The molecule has 0 aliphatic heterocycles. The molecule has 1 heteroatoms. The van der Waals surface area contributed by atoms with Crippen LogP contribution >= 0.6 is 11.6 Å². The van der Waals surface area contributed by atoms with E-state index in [-0.39, 0.29) is 5.38 Å². The maximum absolute atomic E-state index is 6.24. The molecule has 0 nitrogen and oxygen atoms in total. The Morgan fingerprint density at radius 2 is 2.15 bits per heavy atom. The standard InChI is InChI=1S/C12H15Cl/c1-3-7-12(13)11-9-6-5-8-10(11)4-2/h4-6,8-9,12H,2-3,7H2,1H3. The van der Waals surface area contributed by atoms with Crippen LogP contribution in [-0.2, 0) is 0 Å². The molecular formula is C12H15Cl. The molecular weight excluding hydrogens is 180 g/mol. The Hall–Kier alpha value is -0.750. The van der Waals surface area contributed by atoms with Crippen molar-refractivity contribution >= 4 is 17.7 Å². The first-order valence-electron chi connectivity index (χ1n) is 4.65. The highest BCUT2D eigenvalue weighted by atomic mass is 35.5. The van der Waals surface area contributed by atoms with Crippen LogP contribution < -0.4 is 0 Å². The zero-order valence-corrected chi connectivity index (χ0v) is 8.72. The molecule has 0 saturated carbocycles. The molecule has 1 aromatic carbocycles. The first-order chi connectivity index (χ1) is 6.29. The Labute approximate surface area is 85.2 Å². The minimum Gasteiger partial charge on any atom is -0.118 e. The van der Waals surface area contributed by atoms with Crippen LogP contribution in [0.15, 0.2) is 30.8 Å². The molecule has 1 aromatic rings. The molecule has 0 spiro atoms. The molecule has 0 saturated heterocycles. The number of hydrogen-bond acceptors (Lipinski definition) is 0. The largest absolute Gasteiger partial charge is 0.118 e. The zero-order chi connectivity index (χ0) is 9.68. The molecule has 0 radical (unpaired) electrons. The van der Waals surface area contributed by atoms with Gasteiger partial charge in [-0.3, -0.25) is 0 Å². The molecule has 0 bridgehead atoms. The fraction of sp³-hybridized carbons (Fsp3) is 0.333. The molecule has 0 aromatic heterocycles. The molecule has 0 heterocycles. The number of alkyl halides is 1. The van der Waals surface area contributed by atoms with Gasteiger partial charge in [0.2, 0.25) is 0 Å². The lowest BCUT2D eigenvalue weighted by atomic mass is 10.0. The fourth-order valence-corrected chi connectivity index (χ4v) is 1.81. The monoisotopic (exact) mass is 194 g/mol. The molecule has 0 aliphatic rings. The van der Waals surface area contributed by atoms with Crippen molar-refractivity contribution in [3.05, 3.63) is 42.0 Å². The third-order valence-electron chi connectivity index (χ3n) is 2.10.